The molecule has 6 nitrogen and oxygen atoms in total. The van der Waals surface area contributed by atoms with Crippen LogP contribution >= 0.6 is 11.6 Å². The largest absolute Gasteiger partial charge is 0.319 e. The predicted molar refractivity (Wildman–Crippen MR) is 75.0 cm³/mol. The molecule has 0 spiro atoms. The number of nitrogens with zero attached hydrogens (tertiary/aromatic N) is 2. The molecule has 1 aromatic heterocycles. The van der Waals surface area contributed by atoms with Gasteiger partial charge in [-0.3, -0.25) is 14.9 Å². The number of carbonyl (C=O) groups is 1. The molecule has 0 radical (unpaired) electrons. The highest BCUT2D eigenvalue weighted by Gasteiger charge is 2.22. The highest BCUT2D eigenvalue weighted by atomic mass is 35.5. The van der Waals surface area contributed by atoms with Crippen molar-refractivity contribution in [1.82, 2.24) is 4.98 Å². The Morgan fingerprint density at radius 1 is 1.43 bits per heavy atom. The minimum atomic E-state index is -0.834. The molecule has 0 saturated carbocycles. The highest BCUT2D eigenvalue weighted by Crippen LogP contribution is 2.26. The van der Waals surface area contributed by atoms with Crippen molar-refractivity contribution >= 4 is 28.9 Å². The van der Waals surface area contributed by atoms with E-state index in [9.17, 15) is 19.3 Å². The van der Waals surface area contributed by atoms with Crippen LogP contribution in [0, 0.1) is 22.9 Å². The maximum atomic E-state index is 13.2. The van der Waals surface area contributed by atoms with E-state index in [0.717, 1.165) is 18.2 Å². The number of nitrogens with one attached hydrogen (secondary N) is 1. The maximum Gasteiger partial charge on any atom is 0.282 e. The van der Waals surface area contributed by atoms with Gasteiger partial charge in [0.15, 0.2) is 5.15 Å². The molecule has 1 heterocycles. The molecule has 0 bridgehead atoms. The van der Waals surface area contributed by atoms with Crippen molar-refractivity contribution in [2.75, 3.05) is 5.32 Å². The molecule has 0 fully saturated rings. The first-order valence-corrected chi connectivity index (χ1v) is 6.14. The zero-order chi connectivity index (χ0) is 15.6. The Hall–Kier alpha value is -2.54. The van der Waals surface area contributed by atoms with Crippen LogP contribution in [0.4, 0.5) is 15.8 Å². The zero-order valence-electron chi connectivity index (χ0n) is 10.8. The van der Waals surface area contributed by atoms with Gasteiger partial charge in [0.2, 0.25) is 0 Å². The van der Waals surface area contributed by atoms with Crippen LogP contribution in [-0.2, 0) is 0 Å². The van der Waals surface area contributed by atoms with Crippen molar-refractivity contribution in [3.05, 3.63) is 62.7 Å². The molecule has 2 aromatic rings. The number of rotatable bonds is 3. The molecule has 0 aliphatic carbocycles. The fraction of sp³-hybridized carbons (Fsp3) is 0.0769. The van der Waals surface area contributed by atoms with Crippen LogP contribution in [-0.4, -0.2) is 15.8 Å². The number of hydrogen-bond acceptors (Lipinski definition) is 4. The normalized spacial score (nSPS) is 10.2. The SMILES string of the molecule is Cc1ccnc(Cl)c1NC(=O)c1cc(F)ccc1[N+](=O)[O-]. The number of amides is 1. The summed E-state index contributed by atoms with van der Waals surface area (Å²) in [5.41, 5.74) is -0.0315. The van der Waals surface area contributed by atoms with Gasteiger partial charge in [0, 0.05) is 12.3 Å². The molecule has 1 aromatic carbocycles. The molecule has 0 aliphatic heterocycles. The van der Waals surface area contributed by atoms with Crippen molar-refractivity contribution in [2.45, 2.75) is 6.92 Å². The number of carbonyl (C=O) groups excluding carboxylic acids is 1. The first-order valence-electron chi connectivity index (χ1n) is 5.76. The average molecular weight is 310 g/mol. The lowest BCUT2D eigenvalue weighted by atomic mass is 10.1. The first kappa shape index (κ1) is 14.9. The van der Waals surface area contributed by atoms with Crippen molar-refractivity contribution in [2.24, 2.45) is 0 Å². The minimum absolute atomic E-state index is 0.0439. The molecule has 2 rings (SSSR count). The summed E-state index contributed by atoms with van der Waals surface area (Å²) in [5, 5.41) is 13.3. The smallest absolute Gasteiger partial charge is 0.282 e. The number of benzene rings is 1. The van der Waals surface area contributed by atoms with Crippen LogP contribution in [0.15, 0.2) is 30.5 Å². The molecule has 0 aliphatic rings. The fourth-order valence-electron chi connectivity index (χ4n) is 1.71. The lowest BCUT2D eigenvalue weighted by Gasteiger charge is -2.09. The van der Waals surface area contributed by atoms with E-state index in [4.69, 9.17) is 11.6 Å². The van der Waals surface area contributed by atoms with E-state index < -0.39 is 22.3 Å². The average Bonchev–Trinajstić information content (AvgIpc) is 2.42. The van der Waals surface area contributed by atoms with Crippen molar-refractivity contribution < 1.29 is 14.1 Å². The molecule has 108 valence electrons. The summed E-state index contributed by atoms with van der Waals surface area (Å²) in [7, 11) is 0. The Labute approximate surface area is 123 Å². The summed E-state index contributed by atoms with van der Waals surface area (Å²) < 4.78 is 13.2. The second-order valence-electron chi connectivity index (χ2n) is 4.17. The van der Waals surface area contributed by atoms with Crippen LogP contribution < -0.4 is 5.32 Å². The highest BCUT2D eigenvalue weighted by molar-refractivity contribution is 6.33. The molecular weight excluding hydrogens is 301 g/mol. The van der Waals surface area contributed by atoms with E-state index in [1.807, 2.05) is 0 Å². The summed E-state index contributed by atoms with van der Waals surface area (Å²) in [6.45, 7) is 1.68. The Morgan fingerprint density at radius 2 is 2.14 bits per heavy atom. The van der Waals surface area contributed by atoms with Crippen molar-refractivity contribution in [3.8, 4) is 0 Å². The Kier molecular flexibility index (Phi) is 4.13. The Morgan fingerprint density at radius 3 is 2.76 bits per heavy atom. The molecule has 1 amide bonds. The standard InChI is InChI=1S/C13H9ClFN3O3/c1-7-4-5-16-12(14)11(7)17-13(19)9-6-8(15)2-3-10(9)18(20)21/h2-6H,1H3,(H,17,19). The van der Waals surface area contributed by atoms with Crippen LogP contribution in [0.3, 0.4) is 0 Å². The van der Waals surface area contributed by atoms with Crippen LogP contribution in [0.2, 0.25) is 5.15 Å². The third-order valence-corrected chi connectivity index (χ3v) is 3.04. The van der Waals surface area contributed by atoms with Crippen molar-refractivity contribution in [1.29, 1.82) is 0 Å². The monoisotopic (exact) mass is 309 g/mol. The number of aromatic nitrogens is 1. The molecule has 21 heavy (non-hydrogen) atoms. The summed E-state index contributed by atoms with van der Waals surface area (Å²) in [6, 6.07) is 4.26. The van der Waals surface area contributed by atoms with Gasteiger partial charge < -0.3 is 5.32 Å². The van der Waals surface area contributed by atoms with Gasteiger partial charge >= 0.3 is 0 Å². The fourth-order valence-corrected chi connectivity index (χ4v) is 1.96. The third kappa shape index (κ3) is 3.14. The lowest BCUT2D eigenvalue weighted by Crippen LogP contribution is -2.15. The quantitative estimate of drug-likeness (QED) is 0.535. The Balaban J connectivity index is 2.41. The second-order valence-corrected chi connectivity index (χ2v) is 4.52. The van der Waals surface area contributed by atoms with Crippen LogP contribution in [0.5, 0.6) is 0 Å². The third-order valence-electron chi connectivity index (χ3n) is 2.75. The van der Waals surface area contributed by atoms with Crippen LogP contribution in [0.1, 0.15) is 15.9 Å². The predicted octanol–water partition coefficient (Wildman–Crippen LogP) is 3.34. The molecule has 0 atom stereocenters. The Bertz CT molecular complexity index is 716. The molecule has 0 unspecified atom stereocenters. The zero-order valence-corrected chi connectivity index (χ0v) is 11.5. The molecule has 1 N–H and O–H groups in total. The van der Waals surface area contributed by atoms with E-state index in [0.29, 0.717) is 5.56 Å². The number of pyridine rings is 1. The van der Waals surface area contributed by atoms with Crippen molar-refractivity contribution in [3.63, 3.8) is 0 Å². The second kappa shape index (κ2) is 5.84. The summed E-state index contributed by atoms with van der Waals surface area (Å²) >= 11 is 5.86. The topological polar surface area (TPSA) is 85.1 Å². The van der Waals surface area contributed by atoms with Gasteiger partial charge in [-0.15, -0.1) is 0 Å². The van der Waals surface area contributed by atoms with E-state index in [-0.39, 0.29) is 16.4 Å². The van der Waals surface area contributed by atoms with E-state index in [2.05, 4.69) is 10.3 Å². The van der Waals surface area contributed by atoms with Gasteiger partial charge in [-0.1, -0.05) is 11.6 Å². The van der Waals surface area contributed by atoms with Gasteiger partial charge in [0.05, 0.1) is 10.6 Å². The van der Waals surface area contributed by atoms with Gasteiger partial charge in [-0.05, 0) is 30.7 Å². The van der Waals surface area contributed by atoms with Gasteiger partial charge in [0.1, 0.15) is 11.4 Å². The summed E-state index contributed by atoms with van der Waals surface area (Å²) in [6.07, 6.45) is 1.46. The summed E-state index contributed by atoms with van der Waals surface area (Å²) in [4.78, 5) is 26.1. The number of hydrogen-bond donors (Lipinski definition) is 1. The molecular formula is C13H9ClFN3O3. The molecule has 0 saturated heterocycles. The van der Waals surface area contributed by atoms with Crippen LogP contribution in [0.25, 0.3) is 0 Å². The maximum absolute atomic E-state index is 13.2. The van der Waals surface area contributed by atoms with Gasteiger partial charge in [-0.25, -0.2) is 9.37 Å². The number of nitro benzene ring substituents is 1. The summed E-state index contributed by atoms with van der Waals surface area (Å²) in [5.74, 6) is -1.58. The first-order chi connectivity index (χ1) is 9.90. The van der Waals surface area contributed by atoms with E-state index >= 15 is 0 Å². The van der Waals surface area contributed by atoms with E-state index in [1.165, 1.54) is 6.20 Å². The number of anilines is 1. The van der Waals surface area contributed by atoms with Gasteiger partial charge in [0.25, 0.3) is 11.6 Å². The van der Waals surface area contributed by atoms with Gasteiger partial charge in [-0.2, -0.15) is 0 Å². The number of nitro groups is 1. The lowest BCUT2D eigenvalue weighted by molar-refractivity contribution is -0.385. The molecule has 8 heteroatoms. The minimum Gasteiger partial charge on any atom is -0.319 e. The van der Waals surface area contributed by atoms with E-state index in [1.54, 1.807) is 13.0 Å². The number of aryl methyl sites for hydroxylation is 1. The number of halogens is 2.